The van der Waals surface area contributed by atoms with Crippen molar-refractivity contribution in [1.29, 1.82) is 0 Å². The van der Waals surface area contributed by atoms with E-state index in [0.717, 1.165) is 0 Å². The zero-order valence-electron chi connectivity index (χ0n) is 14.2. The molecule has 0 saturated heterocycles. The number of hydrogen-bond acceptors (Lipinski definition) is 8. The van der Waals surface area contributed by atoms with E-state index in [1.54, 1.807) is 6.92 Å². The molecule has 0 aliphatic heterocycles. The normalized spacial score (nSPS) is 15.0. The van der Waals surface area contributed by atoms with Crippen molar-refractivity contribution >= 4 is 24.6 Å². The Hall–Kier alpha value is -2.92. The lowest BCUT2D eigenvalue weighted by Crippen LogP contribution is -2.33. The van der Waals surface area contributed by atoms with Gasteiger partial charge in [0.2, 0.25) is 0 Å². The third kappa shape index (κ3) is 11.6. The molecular weight excluding hydrogens is 360 g/mol. The minimum Gasteiger partial charge on any atom is -0.450 e. The lowest BCUT2D eigenvalue weighted by molar-refractivity contribution is -0.0320. The molecule has 12 nitrogen and oxygen atoms in total. The molecule has 0 aromatic carbocycles. The van der Waals surface area contributed by atoms with Gasteiger partial charge < -0.3 is 39.4 Å². The maximum absolute atomic E-state index is 10.8. The van der Waals surface area contributed by atoms with Gasteiger partial charge >= 0.3 is 24.6 Å². The number of ether oxygens (including phenoxy) is 4. The van der Waals surface area contributed by atoms with Crippen molar-refractivity contribution in [2.75, 3.05) is 0 Å². The van der Waals surface area contributed by atoms with Crippen molar-refractivity contribution in [2.45, 2.75) is 63.9 Å². The van der Waals surface area contributed by atoms with E-state index in [1.807, 2.05) is 0 Å². The number of rotatable bonds is 11. The average molecular weight is 382 g/mol. The van der Waals surface area contributed by atoms with E-state index >= 15 is 0 Å². The Morgan fingerprint density at radius 1 is 0.654 bits per heavy atom. The maximum atomic E-state index is 10.8. The van der Waals surface area contributed by atoms with Gasteiger partial charge in [-0.2, -0.15) is 0 Å². The summed E-state index contributed by atoms with van der Waals surface area (Å²) >= 11 is 0. The van der Waals surface area contributed by atoms with Crippen molar-refractivity contribution in [3.05, 3.63) is 0 Å². The molecule has 0 amide bonds. The molecule has 0 aliphatic carbocycles. The fourth-order valence-corrected chi connectivity index (χ4v) is 2.29. The predicted octanol–water partition coefficient (Wildman–Crippen LogP) is 2.84. The van der Waals surface area contributed by atoms with Crippen LogP contribution < -0.4 is 0 Å². The molecule has 0 heterocycles. The van der Waals surface area contributed by atoms with Crippen LogP contribution in [-0.2, 0) is 18.9 Å². The zero-order valence-corrected chi connectivity index (χ0v) is 14.2. The van der Waals surface area contributed by atoms with Gasteiger partial charge in [0.1, 0.15) is 24.4 Å². The van der Waals surface area contributed by atoms with Crippen LogP contribution in [0.5, 0.6) is 0 Å². The van der Waals surface area contributed by atoms with Crippen LogP contribution in [0.2, 0.25) is 0 Å². The highest BCUT2D eigenvalue weighted by atomic mass is 16.7. The molecule has 0 aromatic rings. The van der Waals surface area contributed by atoms with Gasteiger partial charge in [0.05, 0.1) is 0 Å². The molecule has 0 radical (unpaired) electrons. The zero-order chi connectivity index (χ0) is 20.3. The Balaban J connectivity index is 5.08. The van der Waals surface area contributed by atoms with E-state index in [4.69, 9.17) is 20.4 Å². The quantitative estimate of drug-likeness (QED) is 0.303. The van der Waals surface area contributed by atoms with Gasteiger partial charge in [0.15, 0.2) is 0 Å². The number of hydrogen-bond donors (Lipinski definition) is 4. The molecule has 150 valence electrons. The SMILES string of the molecule is CCC(CC(CC(CC(C)OC(=O)O)OC(=O)O)OC(=O)O)OC(=O)O. The molecule has 4 atom stereocenters. The lowest BCUT2D eigenvalue weighted by atomic mass is 10.0. The fourth-order valence-electron chi connectivity index (χ4n) is 2.29. The van der Waals surface area contributed by atoms with Crippen LogP contribution >= 0.6 is 0 Å². The van der Waals surface area contributed by atoms with Crippen LogP contribution in [0.15, 0.2) is 0 Å². The van der Waals surface area contributed by atoms with Gasteiger partial charge in [-0.05, 0) is 13.3 Å². The molecule has 12 heteroatoms. The van der Waals surface area contributed by atoms with Crippen molar-refractivity contribution in [3.8, 4) is 0 Å². The summed E-state index contributed by atoms with van der Waals surface area (Å²) in [5, 5.41) is 34.8. The molecule has 0 saturated carbocycles. The Morgan fingerprint density at radius 2 is 1.00 bits per heavy atom. The Kier molecular flexibility index (Phi) is 10.3. The molecule has 0 aliphatic rings. The summed E-state index contributed by atoms with van der Waals surface area (Å²) in [6, 6.07) is 0. The maximum Gasteiger partial charge on any atom is 0.506 e. The molecule has 0 rings (SSSR count). The summed E-state index contributed by atoms with van der Waals surface area (Å²) in [6.07, 6.45) is -10.9. The molecule has 0 fully saturated rings. The molecule has 4 unspecified atom stereocenters. The third-order valence-corrected chi connectivity index (χ3v) is 3.21. The minimum absolute atomic E-state index is 0.164. The van der Waals surface area contributed by atoms with Crippen LogP contribution in [-0.4, -0.2) is 69.5 Å². The highest BCUT2D eigenvalue weighted by Crippen LogP contribution is 2.20. The van der Waals surface area contributed by atoms with Gasteiger partial charge in [-0.15, -0.1) is 0 Å². The summed E-state index contributed by atoms with van der Waals surface area (Å²) in [6.45, 7) is 2.97. The standard InChI is InChI=1S/C14H22O12/c1-3-8(24-12(17)18)5-10(26-14(21)22)6-9(25-13(19)20)4-7(2)23-11(15)16/h7-10H,3-6H2,1-2H3,(H,15,16)(H,17,18)(H,19,20)(H,21,22). The summed E-state index contributed by atoms with van der Waals surface area (Å²) < 4.78 is 18.3. The fraction of sp³-hybridized carbons (Fsp3) is 0.714. The first-order valence-electron chi connectivity index (χ1n) is 7.61. The monoisotopic (exact) mass is 382 g/mol. The van der Waals surface area contributed by atoms with E-state index in [9.17, 15) is 19.2 Å². The van der Waals surface area contributed by atoms with Crippen molar-refractivity contribution in [2.24, 2.45) is 0 Å². The first kappa shape index (κ1) is 23.1. The number of carbonyl (C=O) groups is 4. The predicted molar refractivity (Wildman–Crippen MR) is 81.4 cm³/mol. The summed E-state index contributed by atoms with van der Waals surface area (Å²) in [5.41, 5.74) is 0. The van der Waals surface area contributed by atoms with Crippen molar-refractivity contribution < 1.29 is 58.6 Å². The van der Waals surface area contributed by atoms with Gasteiger partial charge in [-0.1, -0.05) is 6.92 Å². The first-order valence-corrected chi connectivity index (χ1v) is 7.61. The second kappa shape index (κ2) is 11.6. The van der Waals surface area contributed by atoms with E-state index in [2.05, 4.69) is 18.9 Å². The topological polar surface area (TPSA) is 186 Å². The second-order valence-corrected chi connectivity index (χ2v) is 5.33. The van der Waals surface area contributed by atoms with E-state index in [-0.39, 0.29) is 25.7 Å². The Labute approximate surface area is 148 Å². The summed E-state index contributed by atoms with van der Waals surface area (Å²) in [7, 11) is 0. The van der Waals surface area contributed by atoms with Crippen LogP contribution in [0.25, 0.3) is 0 Å². The number of carboxylic acid groups (broad SMARTS) is 4. The third-order valence-electron chi connectivity index (χ3n) is 3.21. The van der Waals surface area contributed by atoms with Crippen LogP contribution in [0.4, 0.5) is 19.2 Å². The van der Waals surface area contributed by atoms with Crippen LogP contribution in [0, 0.1) is 0 Å². The van der Waals surface area contributed by atoms with Crippen molar-refractivity contribution in [1.82, 2.24) is 0 Å². The summed E-state index contributed by atoms with van der Waals surface area (Å²) in [4.78, 5) is 42.8. The smallest absolute Gasteiger partial charge is 0.450 e. The van der Waals surface area contributed by atoms with Crippen LogP contribution in [0.1, 0.15) is 39.5 Å². The van der Waals surface area contributed by atoms with Crippen LogP contribution in [0.3, 0.4) is 0 Å². The molecule has 0 spiro atoms. The molecule has 4 N–H and O–H groups in total. The Morgan fingerprint density at radius 3 is 1.38 bits per heavy atom. The molecular formula is C14H22O12. The largest absolute Gasteiger partial charge is 0.506 e. The van der Waals surface area contributed by atoms with Gasteiger partial charge in [-0.3, -0.25) is 0 Å². The van der Waals surface area contributed by atoms with E-state index in [0.29, 0.717) is 0 Å². The highest BCUT2D eigenvalue weighted by molar-refractivity contribution is 5.58. The first-order chi connectivity index (χ1) is 12.0. The van der Waals surface area contributed by atoms with Gasteiger partial charge in [0.25, 0.3) is 0 Å². The van der Waals surface area contributed by atoms with Crippen molar-refractivity contribution in [3.63, 3.8) is 0 Å². The lowest BCUT2D eigenvalue weighted by Gasteiger charge is -2.26. The highest BCUT2D eigenvalue weighted by Gasteiger charge is 2.28. The minimum atomic E-state index is -1.65. The molecule has 0 aromatic heterocycles. The molecule has 0 bridgehead atoms. The Bertz CT molecular complexity index is 490. The average Bonchev–Trinajstić information content (AvgIpc) is 2.43. The molecule has 26 heavy (non-hydrogen) atoms. The van der Waals surface area contributed by atoms with E-state index in [1.165, 1.54) is 6.92 Å². The second-order valence-electron chi connectivity index (χ2n) is 5.33. The van der Waals surface area contributed by atoms with E-state index < -0.39 is 49.0 Å². The van der Waals surface area contributed by atoms with Gasteiger partial charge in [-0.25, -0.2) is 19.2 Å². The summed E-state index contributed by atoms with van der Waals surface area (Å²) in [5.74, 6) is 0. The van der Waals surface area contributed by atoms with Gasteiger partial charge in [0, 0.05) is 19.3 Å².